The van der Waals surface area contributed by atoms with E-state index in [0.717, 1.165) is 11.3 Å². The second-order valence-electron chi connectivity index (χ2n) is 6.79. The molecule has 0 radical (unpaired) electrons. The van der Waals surface area contributed by atoms with Gasteiger partial charge in [-0.25, -0.2) is 13.4 Å². The first-order valence-electron chi connectivity index (χ1n) is 9.37. The van der Waals surface area contributed by atoms with Gasteiger partial charge >= 0.3 is 0 Å². The number of anilines is 1. The Morgan fingerprint density at radius 3 is 2.87 bits per heavy atom. The molecule has 30 heavy (non-hydrogen) atoms. The normalized spacial score (nSPS) is 13.8. The standard InChI is InChI=1S/C20H20N4O4S2/c1-13-16(23-20(28-13)17-7-4-10-29-17)12-19(25)22-14-5-2-6-15(11-14)30(26,27)24-18-8-3-9-21-18/h2,4-7,10-11H,3,8-9,12H2,1H3,(H,21,24)(H,22,25). The highest BCUT2D eigenvalue weighted by Gasteiger charge is 2.19. The highest BCUT2D eigenvalue weighted by molar-refractivity contribution is 7.90. The van der Waals surface area contributed by atoms with E-state index < -0.39 is 10.0 Å². The number of aromatic nitrogens is 1. The monoisotopic (exact) mass is 444 g/mol. The summed E-state index contributed by atoms with van der Waals surface area (Å²) >= 11 is 1.51. The number of nitrogens with one attached hydrogen (secondary N) is 2. The number of carbonyl (C=O) groups is 1. The van der Waals surface area contributed by atoms with Crippen LogP contribution >= 0.6 is 11.3 Å². The molecular weight excluding hydrogens is 424 g/mol. The molecule has 0 bridgehead atoms. The summed E-state index contributed by atoms with van der Waals surface area (Å²) in [6.07, 6.45) is 1.47. The number of nitrogens with zero attached hydrogens (tertiary/aromatic N) is 2. The molecule has 0 unspecified atom stereocenters. The number of aryl methyl sites for hydroxylation is 1. The van der Waals surface area contributed by atoms with Crippen LogP contribution in [0.3, 0.4) is 0 Å². The number of benzene rings is 1. The summed E-state index contributed by atoms with van der Waals surface area (Å²) < 4.78 is 33.3. The van der Waals surface area contributed by atoms with Crippen molar-refractivity contribution in [3.05, 3.63) is 53.2 Å². The van der Waals surface area contributed by atoms with Gasteiger partial charge < -0.3 is 9.73 Å². The minimum Gasteiger partial charge on any atom is -0.440 e. The van der Waals surface area contributed by atoms with Crippen molar-refractivity contribution in [3.63, 3.8) is 0 Å². The number of aliphatic imine (C=N–C) groups is 1. The molecule has 10 heteroatoms. The van der Waals surface area contributed by atoms with Crippen molar-refractivity contribution in [2.24, 2.45) is 4.99 Å². The number of hydrogen-bond acceptors (Lipinski definition) is 7. The van der Waals surface area contributed by atoms with Crippen LogP contribution in [0.2, 0.25) is 0 Å². The molecule has 2 aromatic heterocycles. The van der Waals surface area contributed by atoms with Gasteiger partial charge in [-0.05, 0) is 43.0 Å². The van der Waals surface area contributed by atoms with E-state index in [1.165, 1.54) is 23.5 Å². The van der Waals surface area contributed by atoms with E-state index in [2.05, 4.69) is 20.0 Å². The number of thiophene rings is 1. The van der Waals surface area contributed by atoms with E-state index in [4.69, 9.17) is 4.42 Å². The lowest BCUT2D eigenvalue weighted by atomic mass is 10.2. The molecule has 3 heterocycles. The lowest BCUT2D eigenvalue weighted by Crippen LogP contribution is -2.29. The Hall–Kier alpha value is -2.98. The van der Waals surface area contributed by atoms with Crippen molar-refractivity contribution in [1.82, 2.24) is 9.71 Å². The van der Waals surface area contributed by atoms with E-state index in [9.17, 15) is 13.2 Å². The largest absolute Gasteiger partial charge is 0.440 e. The number of oxazole rings is 1. The fourth-order valence-corrected chi connectivity index (χ4v) is 4.82. The molecule has 1 amide bonds. The van der Waals surface area contributed by atoms with Crippen molar-refractivity contribution in [2.75, 3.05) is 11.9 Å². The van der Waals surface area contributed by atoms with Gasteiger partial charge in [-0.3, -0.25) is 14.5 Å². The molecule has 0 atom stereocenters. The predicted octanol–water partition coefficient (Wildman–Crippen LogP) is 3.36. The first-order chi connectivity index (χ1) is 14.4. The molecule has 4 rings (SSSR count). The zero-order valence-electron chi connectivity index (χ0n) is 16.2. The molecule has 2 N–H and O–H groups in total. The van der Waals surface area contributed by atoms with Gasteiger partial charge in [-0.15, -0.1) is 11.3 Å². The number of amidine groups is 1. The molecule has 0 fully saturated rings. The predicted molar refractivity (Wildman–Crippen MR) is 115 cm³/mol. The SMILES string of the molecule is Cc1oc(-c2cccs2)nc1CC(=O)Nc1cccc(S(=O)(=O)NC2=NCCC2)c1. The van der Waals surface area contributed by atoms with Gasteiger partial charge in [0.2, 0.25) is 11.8 Å². The molecule has 1 aliphatic rings. The van der Waals surface area contributed by atoms with Gasteiger partial charge in [-0.2, -0.15) is 0 Å². The number of rotatable bonds is 6. The highest BCUT2D eigenvalue weighted by Crippen LogP contribution is 2.26. The summed E-state index contributed by atoms with van der Waals surface area (Å²) in [7, 11) is -3.75. The summed E-state index contributed by atoms with van der Waals surface area (Å²) in [5.41, 5.74) is 0.927. The minimum atomic E-state index is -3.75. The van der Waals surface area contributed by atoms with Crippen LogP contribution < -0.4 is 10.0 Å². The van der Waals surface area contributed by atoms with Gasteiger partial charge in [0, 0.05) is 18.7 Å². The fourth-order valence-electron chi connectivity index (χ4n) is 3.03. The van der Waals surface area contributed by atoms with Crippen LogP contribution in [0.25, 0.3) is 10.8 Å². The molecule has 0 saturated heterocycles. The van der Waals surface area contributed by atoms with E-state index in [-0.39, 0.29) is 17.2 Å². The second kappa shape index (κ2) is 8.41. The average molecular weight is 445 g/mol. The Bertz CT molecular complexity index is 1200. The third-order valence-corrected chi connectivity index (χ3v) is 6.74. The molecule has 3 aromatic rings. The maximum atomic E-state index is 12.6. The zero-order valence-corrected chi connectivity index (χ0v) is 17.8. The van der Waals surface area contributed by atoms with Gasteiger partial charge in [-0.1, -0.05) is 12.1 Å². The Morgan fingerprint density at radius 2 is 2.13 bits per heavy atom. The lowest BCUT2D eigenvalue weighted by Gasteiger charge is -2.10. The van der Waals surface area contributed by atoms with Crippen LogP contribution in [0.1, 0.15) is 24.3 Å². The molecule has 8 nitrogen and oxygen atoms in total. The topological polar surface area (TPSA) is 114 Å². The van der Waals surface area contributed by atoms with E-state index >= 15 is 0 Å². The van der Waals surface area contributed by atoms with Crippen molar-refractivity contribution in [1.29, 1.82) is 0 Å². The lowest BCUT2D eigenvalue weighted by molar-refractivity contribution is -0.115. The second-order valence-corrected chi connectivity index (χ2v) is 9.42. The highest BCUT2D eigenvalue weighted by atomic mass is 32.2. The van der Waals surface area contributed by atoms with Crippen LogP contribution in [0.4, 0.5) is 5.69 Å². The quantitative estimate of drug-likeness (QED) is 0.605. The van der Waals surface area contributed by atoms with E-state index in [1.54, 1.807) is 19.1 Å². The molecule has 1 aromatic carbocycles. The zero-order chi connectivity index (χ0) is 21.1. The molecule has 0 aliphatic carbocycles. The Kier molecular flexibility index (Phi) is 5.69. The fraction of sp³-hybridized carbons (Fsp3) is 0.250. The Balaban J connectivity index is 1.44. The van der Waals surface area contributed by atoms with Crippen molar-refractivity contribution in [2.45, 2.75) is 31.1 Å². The van der Waals surface area contributed by atoms with Crippen molar-refractivity contribution >= 4 is 38.8 Å². The van der Waals surface area contributed by atoms with Crippen LogP contribution in [0.5, 0.6) is 0 Å². The summed E-state index contributed by atoms with van der Waals surface area (Å²) in [6, 6.07) is 9.91. The van der Waals surface area contributed by atoms with Crippen LogP contribution in [-0.2, 0) is 21.2 Å². The van der Waals surface area contributed by atoms with E-state index in [1.807, 2.05) is 17.5 Å². The first-order valence-corrected chi connectivity index (χ1v) is 11.7. The molecule has 1 aliphatic heterocycles. The van der Waals surface area contributed by atoms with Crippen molar-refractivity contribution < 1.29 is 17.6 Å². The number of amides is 1. The molecule has 0 spiro atoms. The Morgan fingerprint density at radius 1 is 1.27 bits per heavy atom. The van der Waals surface area contributed by atoms with Crippen LogP contribution in [0, 0.1) is 6.92 Å². The summed E-state index contributed by atoms with van der Waals surface area (Å²) in [5.74, 6) is 1.21. The van der Waals surface area contributed by atoms with Gasteiger partial charge in [0.15, 0.2) is 0 Å². The van der Waals surface area contributed by atoms with Crippen LogP contribution in [-0.4, -0.2) is 31.7 Å². The maximum absolute atomic E-state index is 12.6. The summed E-state index contributed by atoms with van der Waals surface area (Å²) in [6.45, 7) is 2.39. The first kappa shape index (κ1) is 20.3. The van der Waals surface area contributed by atoms with Gasteiger partial charge in [0.25, 0.3) is 10.0 Å². The van der Waals surface area contributed by atoms with Crippen LogP contribution in [0.15, 0.2) is 56.1 Å². The molecule has 0 saturated carbocycles. The third-order valence-electron chi connectivity index (χ3n) is 4.51. The molecule has 156 valence electrons. The van der Waals surface area contributed by atoms with Gasteiger partial charge in [0.1, 0.15) is 11.6 Å². The smallest absolute Gasteiger partial charge is 0.262 e. The summed E-state index contributed by atoms with van der Waals surface area (Å²) in [4.78, 5) is 22.0. The number of sulfonamides is 1. The molecular formula is C20H20N4O4S2. The number of carbonyl (C=O) groups excluding carboxylic acids is 1. The maximum Gasteiger partial charge on any atom is 0.262 e. The van der Waals surface area contributed by atoms with Gasteiger partial charge in [0.05, 0.1) is 21.9 Å². The summed E-state index contributed by atoms with van der Waals surface area (Å²) in [5, 5.41) is 4.65. The minimum absolute atomic E-state index is 0.0206. The third kappa shape index (κ3) is 4.60. The van der Waals surface area contributed by atoms with E-state index in [0.29, 0.717) is 41.8 Å². The van der Waals surface area contributed by atoms with Crippen molar-refractivity contribution in [3.8, 4) is 10.8 Å². The average Bonchev–Trinajstić information content (AvgIpc) is 3.45. The number of hydrogen-bond donors (Lipinski definition) is 2. The Labute approximate surface area is 178 Å².